The largest absolute Gasteiger partial charge is 0.313 e. The predicted molar refractivity (Wildman–Crippen MR) is 78.6 cm³/mol. The van der Waals surface area contributed by atoms with Gasteiger partial charge < -0.3 is 5.32 Å². The molecule has 0 spiro atoms. The predicted octanol–water partition coefficient (Wildman–Crippen LogP) is 3.86. The fourth-order valence-corrected chi connectivity index (χ4v) is 4.27. The van der Waals surface area contributed by atoms with Gasteiger partial charge in [-0.1, -0.05) is 37.8 Å². The van der Waals surface area contributed by atoms with E-state index in [2.05, 4.69) is 30.1 Å². The summed E-state index contributed by atoms with van der Waals surface area (Å²) in [7, 11) is 0. The zero-order valence-corrected chi connectivity index (χ0v) is 12.0. The number of hydrogen-bond donors (Lipinski definition) is 1. The van der Waals surface area contributed by atoms with Crippen LogP contribution in [-0.4, -0.2) is 24.6 Å². The van der Waals surface area contributed by atoms with Gasteiger partial charge in [-0.2, -0.15) is 11.8 Å². The Labute approximate surface area is 111 Å². The van der Waals surface area contributed by atoms with Crippen molar-refractivity contribution in [3.8, 4) is 0 Å². The number of nitrogens with one attached hydrogen (secondary N) is 1. The lowest BCUT2D eigenvalue weighted by atomic mass is 9.82. The van der Waals surface area contributed by atoms with Gasteiger partial charge in [0.1, 0.15) is 0 Å². The van der Waals surface area contributed by atoms with Gasteiger partial charge in [0.15, 0.2) is 0 Å². The molecule has 2 aliphatic rings. The Morgan fingerprint density at radius 3 is 2.71 bits per heavy atom. The molecule has 2 rings (SSSR count). The molecule has 1 N–H and O–H groups in total. The summed E-state index contributed by atoms with van der Waals surface area (Å²) < 4.78 is 0. The monoisotopic (exact) mass is 253 g/mol. The molecule has 17 heavy (non-hydrogen) atoms. The van der Waals surface area contributed by atoms with Crippen LogP contribution in [0.4, 0.5) is 0 Å². The molecule has 1 atom stereocenters. The van der Waals surface area contributed by atoms with Crippen molar-refractivity contribution in [2.45, 2.75) is 45.4 Å². The Bertz CT molecular complexity index is 237. The maximum atomic E-state index is 3.54. The number of thioether (sulfide) groups is 1. The normalized spacial score (nSPS) is 27.6. The molecule has 0 aromatic heterocycles. The first-order valence-electron chi connectivity index (χ1n) is 7.39. The van der Waals surface area contributed by atoms with Crippen molar-refractivity contribution in [2.75, 3.05) is 24.6 Å². The lowest BCUT2D eigenvalue weighted by molar-refractivity contribution is 0.393. The minimum absolute atomic E-state index is 0.871. The van der Waals surface area contributed by atoms with Crippen LogP contribution in [0.3, 0.4) is 0 Å². The van der Waals surface area contributed by atoms with Crippen molar-refractivity contribution in [3.63, 3.8) is 0 Å². The Kier molecular flexibility index (Phi) is 5.93. The molecule has 98 valence electrons. The molecule has 0 amide bonds. The average Bonchev–Trinajstić information content (AvgIpc) is 2.88. The topological polar surface area (TPSA) is 12.0 Å². The summed E-state index contributed by atoms with van der Waals surface area (Å²) >= 11 is 2.13. The quantitative estimate of drug-likeness (QED) is 0.747. The average molecular weight is 253 g/mol. The van der Waals surface area contributed by atoms with Gasteiger partial charge in [-0.05, 0) is 49.1 Å². The maximum Gasteiger partial charge on any atom is 0.0167 e. The van der Waals surface area contributed by atoms with Gasteiger partial charge in [0.25, 0.3) is 0 Å². The van der Waals surface area contributed by atoms with E-state index < -0.39 is 0 Å². The summed E-state index contributed by atoms with van der Waals surface area (Å²) in [5.41, 5.74) is 1.74. The van der Waals surface area contributed by atoms with Crippen LogP contribution in [0.1, 0.15) is 45.4 Å². The second kappa shape index (κ2) is 7.48. The van der Waals surface area contributed by atoms with Crippen LogP contribution in [0.25, 0.3) is 0 Å². The van der Waals surface area contributed by atoms with E-state index in [9.17, 15) is 0 Å². The summed E-state index contributed by atoms with van der Waals surface area (Å²) in [5.74, 6) is 4.51. The van der Waals surface area contributed by atoms with Gasteiger partial charge in [0.2, 0.25) is 0 Å². The molecular formula is C15H27NS. The van der Waals surface area contributed by atoms with E-state index in [-0.39, 0.29) is 0 Å². The van der Waals surface area contributed by atoms with Crippen molar-refractivity contribution in [2.24, 2.45) is 11.8 Å². The summed E-state index contributed by atoms with van der Waals surface area (Å²) in [6.45, 7) is 4.45. The fourth-order valence-electron chi connectivity index (χ4n) is 3.07. The van der Waals surface area contributed by atoms with Gasteiger partial charge in [0, 0.05) is 6.54 Å². The van der Waals surface area contributed by atoms with Gasteiger partial charge in [-0.3, -0.25) is 0 Å². The van der Waals surface area contributed by atoms with E-state index in [1.54, 1.807) is 5.57 Å². The Balaban J connectivity index is 1.94. The molecule has 0 aromatic carbocycles. The standard InChI is InChI=1S/C15H27NS/c1-2-16-11-15(10-13-8-9-17-12-13)14-6-4-3-5-7-14/h10,13-14,16H,2-9,11-12H2,1H3. The number of hydrogen-bond acceptors (Lipinski definition) is 2. The third-order valence-corrected chi connectivity index (χ3v) is 5.31. The highest BCUT2D eigenvalue weighted by Gasteiger charge is 2.20. The van der Waals surface area contributed by atoms with Crippen molar-refractivity contribution >= 4 is 11.8 Å². The molecule has 1 aliphatic carbocycles. The highest BCUT2D eigenvalue weighted by molar-refractivity contribution is 7.99. The molecular weight excluding hydrogens is 226 g/mol. The third-order valence-electron chi connectivity index (χ3n) is 4.12. The lowest BCUT2D eigenvalue weighted by Crippen LogP contribution is -2.22. The molecule has 0 bridgehead atoms. The summed E-state index contributed by atoms with van der Waals surface area (Å²) in [4.78, 5) is 0. The highest BCUT2D eigenvalue weighted by Crippen LogP contribution is 2.32. The van der Waals surface area contributed by atoms with Gasteiger partial charge in [-0.15, -0.1) is 0 Å². The van der Waals surface area contributed by atoms with E-state index in [1.807, 2.05) is 0 Å². The molecule has 0 aromatic rings. The van der Waals surface area contributed by atoms with Crippen LogP contribution >= 0.6 is 11.8 Å². The first-order chi connectivity index (χ1) is 8.40. The lowest BCUT2D eigenvalue weighted by Gasteiger charge is -2.25. The second-order valence-corrected chi connectivity index (χ2v) is 6.63. The Hall–Kier alpha value is 0.0500. The van der Waals surface area contributed by atoms with Crippen molar-refractivity contribution in [1.82, 2.24) is 5.32 Å². The molecule has 1 unspecified atom stereocenters. The molecule has 2 fully saturated rings. The minimum atomic E-state index is 0.871. The van der Waals surface area contributed by atoms with Gasteiger partial charge in [-0.25, -0.2) is 0 Å². The molecule has 1 saturated carbocycles. The van der Waals surface area contributed by atoms with Crippen LogP contribution in [0.2, 0.25) is 0 Å². The van der Waals surface area contributed by atoms with Crippen molar-refractivity contribution in [1.29, 1.82) is 0 Å². The molecule has 1 saturated heterocycles. The van der Waals surface area contributed by atoms with E-state index >= 15 is 0 Å². The van der Waals surface area contributed by atoms with E-state index in [4.69, 9.17) is 0 Å². The molecule has 2 heteroatoms. The van der Waals surface area contributed by atoms with Crippen LogP contribution < -0.4 is 5.32 Å². The Morgan fingerprint density at radius 2 is 2.06 bits per heavy atom. The smallest absolute Gasteiger partial charge is 0.0167 e. The summed E-state index contributed by atoms with van der Waals surface area (Å²) in [5, 5.41) is 3.54. The van der Waals surface area contributed by atoms with Gasteiger partial charge >= 0.3 is 0 Å². The SMILES string of the molecule is CCNCC(=CC1CCSC1)C1CCCCC1. The maximum absolute atomic E-state index is 3.54. The molecule has 1 aliphatic heterocycles. The number of allylic oxidation sites excluding steroid dienone is 1. The minimum Gasteiger partial charge on any atom is -0.313 e. The second-order valence-electron chi connectivity index (χ2n) is 5.48. The third kappa shape index (κ3) is 4.33. The number of rotatable bonds is 5. The van der Waals surface area contributed by atoms with E-state index in [0.29, 0.717) is 0 Å². The van der Waals surface area contributed by atoms with Gasteiger partial charge in [0.05, 0.1) is 0 Å². The zero-order chi connectivity index (χ0) is 11.9. The summed E-state index contributed by atoms with van der Waals surface area (Å²) in [6, 6.07) is 0. The molecule has 1 nitrogen and oxygen atoms in total. The fraction of sp³-hybridized carbons (Fsp3) is 0.867. The van der Waals surface area contributed by atoms with Crippen molar-refractivity contribution < 1.29 is 0 Å². The van der Waals surface area contributed by atoms with E-state index in [1.165, 1.54) is 50.0 Å². The zero-order valence-electron chi connectivity index (χ0n) is 11.2. The number of likely N-dealkylation sites (N-methyl/N-ethyl adjacent to an activating group) is 1. The van der Waals surface area contributed by atoms with Crippen LogP contribution in [0.15, 0.2) is 11.6 Å². The first-order valence-corrected chi connectivity index (χ1v) is 8.54. The first kappa shape index (κ1) is 13.5. The van der Waals surface area contributed by atoms with E-state index in [0.717, 1.165) is 24.9 Å². The highest BCUT2D eigenvalue weighted by atomic mass is 32.2. The summed E-state index contributed by atoms with van der Waals surface area (Å²) in [6.07, 6.45) is 11.3. The molecule has 1 heterocycles. The molecule has 0 radical (unpaired) electrons. The van der Waals surface area contributed by atoms with Crippen LogP contribution in [0.5, 0.6) is 0 Å². The Morgan fingerprint density at radius 1 is 1.24 bits per heavy atom. The van der Waals surface area contributed by atoms with Crippen LogP contribution in [0, 0.1) is 11.8 Å². The van der Waals surface area contributed by atoms with Crippen molar-refractivity contribution in [3.05, 3.63) is 11.6 Å². The van der Waals surface area contributed by atoms with Crippen LogP contribution in [-0.2, 0) is 0 Å².